The van der Waals surface area contributed by atoms with E-state index in [0.717, 1.165) is 0 Å². The Bertz CT molecular complexity index is 962. The molecule has 0 saturated carbocycles. The number of hydrogen-bond acceptors (Lipinski definition) is 4. The van der Waals surface area contributed by atoms with Gasteiger partial charge in [0.25, 0.3) is 10.0 Å². The maximum absolute atomic E-state index is 13.8. The lowest BCUT2D eigenvalue weighted by Crippen LogP contribution is -2.75. The molecule has 0 radical (unpaired) electrons. The second kappa shape index (κ2) is 11.2. The van der Waals surface area contributed by atoms with Crippen molar-refractivity contribution >= 4 is 16.0 Å². The summed E-state index contributed by atoms with van der Waals surface area (Å²) in [6.45, 7) is -0.875. The Hall–Kier alpha value is -1.81. The van der Waals surface area contributed by atoms with Crippen molar-refractivity contribution in [1.82, 2.24) is 4.72 Å². The average molecular weight is 641 g/mol. The molecule has 0 unspecified atom stereocenters. The molecule has 0 rings (SSSR count). The van der Waals surface area contributed by atoms with Gasteiger partial charge >= 0.3 is 52.9 Å². The summed E-state index contributed by atoms with van der Waals surface area (Å²) in [5, 5.41) is -7.73. The highest BCUT2D eigenvalue weighted by molar-refractivity contribution is 7.90. The zero-order valence-electron chi connectivity index (χ0n) is 18.7. The van der Waals surface area contributed by atoms with Gasteiger partial charge in [-0.15, -0.1) is 0 Å². The second-order valence-electron chi connectivity index (χ2n) is 7.57. The van der Waals surface area contributed by atoms with E-state index in [-0.39, 0.29) is 11.1 Å². The minimum Gasteiger partial charge on any atom is -0.465 e. The van der Waals surface area contributed by atoms with Crippen molar-refractivity contribution in [3.63, 3.8) is 0 Å². The molecule has 0 aliphatic carbocycles. The van der Waals surface area contributed by atoms with Gasteiger partial charge < -0.3 is 4.74 Å². The zero-order chi connectivity index (χ0) is 31.7. The van der Waals surface area contributed by atoms with E-state index in [1.807, 2.05) is 0 Å². The van der Waals surface area contributed by atoms with Crippen LogP contribution in [0.3, 0.4) is 0 Å². The molecule has 0 bridgehead atoms. The number of alkyl halides is 17. The average Bonchev–Trinajstić information content (AvgIpc) is 2.75. The Labute approximate surface area is 207 Å². The number of sulfonamides is 1. The van der Waals surface area contributed by atoms with Gasteiger partial charge in [-0.25, -0.2) is 8.42 Å². The summed E-state index contributed by atoms with van der Waals surface area (Å²) in [5.74, 6) is -53.9. The maximum Gasteiger partial charge on any atom is 0.460 e. The Balaban J connectivity index is 6.27. The fraction of sp³-hybridized carbons (Fsp3) is 0.938. The van der Waals surface area contributed by atoms with Crippen LogP contribution in [-0.2, 0) is 19.6 Å². The first-order valence-electron chi connectivity index (χ1n) is 9.82. The SMILES string of the molecule is CCCCCCOC(=O)CNS(=O)(=O)C(F)(F)C(F)(F)C(F)(F)C(F)(F)C(F)(F)C(F)(F)C(F)(F)C(F)(F)F. The van der Waals surface area contributed by atoms with Crippen molar-refractivity contribution in [2.24, 2.45) is 0 Å². The molecule has 39 heavy (non-hydrogen) atoms. The van der Waals surface area contributed by atoms with E-state index in [9.17, 15) is 87.8 Å². The summed E-state index contributed by atoms with van der Waals surface area (Å²) in [4.78, 5) is 11.3. The lowest BCUT2D eigenvalue weighted by atomic mass is 9.91. The molecular formula is C16H16F17NO4S. The first-order chi connectivity index (χ1) is 17.0. The molecule has 1 N–H and O–H groups in total. The fourth-order valence-corrected chi connectivity index (χ4v) is 3.28. The van der Waals surface area contributed by atoms with E-state index >= 15 is 0 Å². The molecule has 0 spiro atoms. The first kappa shape index (κ1) is 37.2. The van der Waals surface area contributed by atoms with Crippen LogP contribution in [0.5, 0.6) is 0 Å². The molecule has 0 aliphatic rings. The van der Waals surface area contributed by atoms with E-state index < -0.39 is 76.1 Å². The number of esters is 1. The summed E-state index contributed by atoms with van der Waals surface area (Å²) in [6, 6.07) is 0. The lowest BCUT2D eigenvalue weighted by Gasteiger charge is -2.42. The normalized spacial score (nSPS) is 15.4. The molecule has 0 amide bonds. The molecule has 5 nitrogen and oxygen atoms in total. The van der Waals surface area contributed by atoms with Crippen molar-refractivity contribution in [1.29, 1.82) is 0 Å². The zero-order valence-corrected chi connectivity index (χ0v) is 19.5. The van der Waals surface area contributed by atoms with Gasteiger partial charge in [-0.1, -0.05) is 26.2 Å². The van der Waals surface area contributed by atoms with E-state index in [2.05, 4.69) is 4.74 Å². The second-order valence-corrected chi connectivity index (χ2v) is 9.37. The molecule has 23 heteroatoms. The van der Waals surface area contributed by atoms with Crippen LogP contribution in [0.2, 0.25) is 0 Å². The Morgan fingerprint density at radius 1 is 0.615 bits per heavy atom. The van der Waals surface area contributed by atoms with Crippen LogP contribution in [0.4, 0.5) is 74.6 Å². The van der Waals surface area contributed by atoms with E-state index in [0.29, 0.717) is 19.3 Å². The predicted molar refractivity (Wildman–Crippen MR) is 92.7 cm³/mol. The van der Waals surface area contributed by atoms with E-state index in [1.54, 1.807) is 6.92 Å². The van der Waals surface area contributed by atoms with E-state index in [1.165, 1.54) is 0 Å². The third-order valence-corrected chi connectivity index (χ3v) is 6.15. The minimum atomic E-state index is -8.92. The largest absolute Gasteiger partial charge is 0.465 e. The van der Waals surface area contributed by atoms with Crippen molar-refractivity contribution in [3.05, 3.63) is 0 Å². The quantitative estimate of drug-likeness (QED) is 0.136. The van der Waals surface area contributed by atoms with Crippen LogP contribution in [0.1, 0.15) is 32.6 Å². The van der Waals surface area contributed by atoms with Crippen LogP contribution in [0.25, 0.3) is 0 Å². The number of nitrogens with one attached hydrogen (secondary N) is 1. The minimum absolute atomic E-state index is 0.0914. The van der Waals surface area contributed by atoms with E-state index in [4.69, 9.17) is 0 Å². The van der Waals surface area contributed by atoms with Gasteiger partial charge in [-0.05, 0) is 6.42 Å². The van der Waals surface area contributed by atoms with Gasteiger partial charge in [-0.3, -0.25) is 4.79 Å². The number of rotatable bonds is 15. The summed E-state index contributed by atoms with van der Waals surface area (Å²) in [6.07, 6.45) is -6.16. The van der Waals surface area contributed by atoms with Crippen LogP contribution in [0, 0.1) is 0 Å². The molecule has 234 valence electrons. The monoisotopic (exact) mass is 641 g/mol. The van der Waals surface area contributed by atoms with Gasteiger partial charge in [0.15, 0.2) is 0 Å². The number of unbranched alkanes of at least 4 members (excludes halogenated alkanes) is 3. The van der Waals surface area contributed by atoms with Crippen LogP contribution < -0.4 is 4.72 Å². The van der Waals surface area contributed by atoms with Gasteiger partial charge in [0.1, 0.15) is 6.54 Å². The summed E-state index contributed by atoms with van der Waals surface area (Å²) in [5.41, 5.74) is 0. The smallest absolute Gasteiger partial charge is 0.460 e. The standard InChI is InChI=1S/C16H16F17NO4S/c1-2-3-4-5-6-38-8(35)7-34-39(36,37)16(32,33)14(27,28)12(23,24)10(19,20)9(17,18)11(21,22)13(25,26)15(29,30)31/h34H,2-7H2,1H3. The fourth-order valence-electron chi connectivity index (χ4n) is 2.33. The molecule has 0 saturated heterocycles. The molecule has 0 aromatic rings. The van der Waals surface area contributed by atoms with Gasteiger partial charge in [0, 0.05) is 0 Å². The molecular weight excluding hydrogens is 625 g/mol. The number of carbonyl (C=O) groups excluding carboxylic acids is 1. The first-order valence-corrected chi connectivity index (χ1v) is 11.3. The molecule has 0 aromatic carbocycles. The number of hydrogen-bond donors (Lipinski definition) is 1. The highest BCUT2D eigenvalue weighted by Crippen LogP contribution is 2.64. The number of ether oxygens (including phenoxy) is 1. The van der Waals surface area contributed by atoms with Crippen molar-refractivity contribution in [2.45, 2.75) is 79.6 Å². The van der Waals surface area contributed by atoms with Crippen LogP contribution in [-0.4, -0.2) is 74.5 Å². The number of carbonyl (C=O) groups is 1. The van der Waals surface area contributed by atoms with Crippen LogP contribution >= 0.6 is 0 Å². The lowest BCUT2D eigenvalue weighted by molar-refractivity contribution is -0.458. The van der Waals surface area contributed by atoms with Gasteiger partial charge in [0.2, 0.25) is 0 Å². The van der Waals surface area contributed by atoms with Gasteiger partial charge in [-0.2, -0.15) is 79.4 Å². The summed E-state index contributed by atoms with van der Waals surface area (Å²) >= 11 is 0. The maximum atomic E-state index is 13.8. The predicted octanol–water partition coefficient (Wildman–Crippen LogP) is 6.00. The molecule has 0 aliphatic heterocycles. The highest BCUT2D eigenvalue weighted by atomic mass is 32.2. The molecule has 0 aromatic heterocycles. The Morgan fingerprint density at radius 2 is 1.00 bits per heavy atom. The molecule has 0 fully saturated rings. The summed E-state index contributed by atoms with van der Waals surface area (Å²) < 4.78 is 252. The summed E-state index contributed by atoms with van der Waals surface area (Å²) in [7, 11) is -7.54. The third-order valence-electron chi connectivity index (χ3n) is 4.70. The third kappa shape index (κ3) is 6.11. The van der Waals surface area contributed by atoms with Crippen molar-refractivity contribution < 1.29 is 92.6 Å². The van der Waals surface area contributed by atoms with Crippen LogP contribution in [0.15, 0.2) is 0 Å². The Morgan fingerprint density at radius 3 is 1.38 bits per heavy atom. The van der Waals surface area contributed by atoms with Gasteiger partial charge in [0.05, 0.1) is 6.61 Å². The highest BCUT2D eigenvalue weighted by Gasteiger charge is 2.96. The van der Waals surface area contributed by atoms with Crippen molar-refractivity contribution in [3.8, 4) is 0 Å². The Kier molecular flexibility index (Phi) is 10.7. The van der Waals surface area contributed by atoms with Crippen molar-refractivity contribution in [2.75, 3.05) is 13.2 Å². The number of halogens is 17. The molecule has 0 heterocycles. The molecule has 0 atom stereocenters. The topological polar surface area (TPSA) is 72.5 Å².